The van der Waals surface area contributed by atoms with Crippen molar-refractivity contribution in [3.8, 4) is 0 Å². The van der Waals surface area contributed by atoms with Crippen LogP contribution in [0.2, 0.25) is 0 Å². The van der Waals surface area contributed by atoms with Gasteiger partial charge in [-0.3, -0.25) is 4.79 Å². The molecule has 136 valence electrons. The Morgan fingerprint density at radius 2 is 2.04 bits per heavy atom. The Kier molecular flexibility index (Phi) is 6.20. The summed E-state index contributed by atoms with van der Waals surface area (Å²) in [6.45, 7) is 8.78. The van der Waals surface area contributed by atoms with Crippen molar-refractivity contribution >= 4 is 33.3 Å². The molecule has 1 fully saturated rings. The molecule has 0 spiro atoms. The number of carbonyl (C=O) groups is 1. The van der Waals surface area contributed by atoms with E-state index in [0.29, 0.717) is 0 Å². The van der Waals surface area contributed by atoms with Gasteiger partial charge >= 0.3 is 0 Å². The van der Waals surface area contributed by atoms with E-state index in [0.717, 1.165) is 42.0 Å². The molecule has 0 saturated carbocycles. The number of rotatable bonds is 8. The molecule has 0 atom stereocenters. The van der Waals surface area contributed by atoms with Crippen LogP contribution in [0, 0.1) is 13.8 Å². The second kappa shape index (κ2) is 8.58. The fraction of sp³-hybridized carbons (Fsp3) is 0.611. The first-order valence-corrected chi connectivity index (χ1v) is 9.90. The van der Waals surface area contributed by atoms with Gasteiger partial charge in [0.25, 0.3) is 0 Å². The zero-order chi connectivity index (χ0) is 17.6. The lowest BCUT2D eigenvalue weighted by Crippen LogP contribution is -2.31. The Hall–Kier alpha value is -1.73. The largest absolute Gasteiger partial charge is 0.360 e. The van der Waals surface area contributed by atoms with Crippen molar-refractivity contribution in [1.82, 2.24) is 20.2 Å². The highest BCUT2D eigenvalue weighted by Gasteiger charge is 2.13. The minimum atomic E-state index is 0.0116. The van der Waals surface area contributed by atoms with Crippen LogP contribution in [0.15, 0.2) is 6.33 Å². The molecule has 2 N–H and O–H groups in total. The van der Waals surface area contributed by atoms with E-state index >= 15 is 0 Å². The molecule has 0 unspecified atom stereocenters. The molecule has 2 aromatic heterocycles. The molecule has 2 aromatic rings. The topological polar surface area (TPSA) is 70.1 Å². The molecule has 1 aliphatic rings. The van der Waals surface area contributed by atoms with Crippen LogP contribution in [0.4, 0.5) is 5.82 Å². The number of carbonyl (C=O) groups excluding carboxylic acids is 1. The van der Waals surface area contributed by atoms with Gasteiger partial charge in [-0.2, -0.15) is 0 Å². The highest BCUT2D eigenvalue weighted by atomic mass is 32.1. The second-order valence-electron chi connectivity index (χ2n) is 6.65. The van der Waals surface area contributed by atoms with Crippen molar-refractivity contribution in [2.75, 3.05) is 38.0 Å². The van der Waals surface area contributed by atoms with Crippen molar-refractivity contribution in [2.45, 2.75) is 39.5 Å². The predicted molar refractivity (Wildman–Crippen MR) is 103 cm³/mol. The third kappa shape index (κ3) is 4.67. The van der Waals surface area contributed by atoms with Crippen LogP contribution in [0.5, 0.6) is 0 Å². The highest BCUT2D eigenvalue weighted by molar-refractivity contribution is 7.18. The molecule has 1 saturated heterocycles. The number of hydrogen-bond acceptors (Lipinski definition) is 6. The highest BCUT2D eigenvalue weighted by Crippen LogP contribution is 2.32. The van der Waals surface area contributed by atoms with Gasteiger partial charge in [-0.1, -0.05) is 0 Å². The maximum Gasteiger partial charge on any atom is 0.239 e. The molecule has 1 amide bonds. The normalized spacial score (nSPS) is 15.0. The predicted octanol–water partition coefficient (Wildman–Crippen LogP) is 2.71. The van der Waals surface area contributed by atoms with Crippen LogP contribution in [-0.2, 0) is 4.79 Å². The van der Waals surface area contributed by atoms with Crippen LogP contribution in [0.1, 0.15) is 36.1 Å². The number of anilines is 1. The lowest BCUT2D eigenvalue weighted by molar-refractivity contribution is -0.119. The van der Waals surface area contributed by atoms with Crippen LogP contribution in [0.3, 0.4) is 0 Å². The first-order chi connectivity index (χ1) is 12.1. The zero-order valence-electron chi connectivity index (χ0n) is 15.1. The van der Waals surface area contributed by atoms with Crippen molar-refractivity contribution in [3.63, 3.8) is 0 Å². The number of aryl methyl sites for hydroxylation is 2. The first-order valence-electron chi connectivity index (χ1n) is 9.09. The van der Waals surface area contributed by atoms with Gasteiger partial charge in [-0.25, -0.2) is 9.97 Å². The third-order valence-electron chi connectivity index (χ3n) is 4.80. The lowest BCUT2D eigenvalue weighted by Gasteiger charge is -2.14. The molecule has 6 nitrogen and oxygen atoms in total. The minimum Gasteiger partial charge on any atom is -0.360 e. The van der Waals surface area contributed by atoms with E-state index in [1.165, 1.54) is 36.4 Å². The fourth-order valence-corrected chi connectivity index (χ4v) is 4.23. The molecule has 0 bridgehead atoms. The van der Waals surface area contributed by atoms with Gasteiger partial charge in [0, 0.05) is 11.4 Å². The summed E-state index contributed by atoms with van der Waals surface area (Å²) < 4.78 is 0. The van der Waals surface area contributed by atoms with Crippen molar-refractivity contribution in [2.24, 2.45) is 0 Å². The zero-order valence-corrected chi connectivity index (χ0v) is 15.9. The van der Waals surface area contributed by atoms with Gasteiger partial charge < -0.3 is 15.5 Å². The molecule has 0 radical (unpaired) electrons. The molecule has 7 heteroatoms. The fourth-order valence-electron chi connectivity index (χ4n) is 3.24. The Morgan fingerprint density at radius 1 is 1.24 bits per heavy atom. The van der Waals surface area contributed by atoms with E-state index in [9.17, 15) is 4.79 Å². The van der Waals surface area contributed by atoms with Crippen LogP contribution >= 0.6 is 11.3 Å². The van der Waals surface area contributed by atoms with Crippen molar-refractivity contribution in [1.29, 1.82) is 0 Å². The Balaban J connectivity index is 1.40. The maximum absolute atomic E-state index is 12.0. The average molecular weight is 362 g/mol. The van der Waals surface area contributed by atoms with Gasteiger partial charge in [0.15, 0.2) is 0 Å². The first kappa shape index (κ1) is 18.1. The summed E-state index contributed by atoms with van der Waals surface area (Å²) in [5, 5.41) is 7.18. The molecule has 0 aromatic carbocycles. The van der Waals surface area contributed by atoms with Gasteiger partial charge in [0.2, 0.25) is 5.91 Å². The van der Waals surface area contributed by atoms with E-state index in [1.807, 2.05) is 0 Å². The van der Waals surface area contributed by atoms with Gasteiger partial charge in [-0.15, -0.1) is 11.3 Å². The number of thiophene rings is 1. The van der Waals surface area contributed by atoms with E-state index in [-0.39, 0.29) is 12.5 Å². The number of amides is 1. The van der Waals surface area contributed by atoms with Crippen LogP contribution in [0.25, 0.3) is 10.2 Å². The summed E-state index contributed by atoms with van der Waals surface area (Å²) in [4.78, 5) is 25.4. The minimum absolute atomic E-state index is 0.0116. The molecule has 3 rings (SSSR count). The van der Waals surface area contributed by atoms with E-state index in [2.05, 4.69) is 39.3 Å². The number of aromatic nitrogens is 2. The van der Waals surface area contributed by atoms with E-state index < -0.39 is 0 Å². The molecular weight excluding hydrogens is 334 g/mol. The summed E-state index contributed by atoms with van der Waals surface area (Å²) in [7, 11) is 0. The number of nitrogens with one attached hydrogen (secondary N) is 2. The molecule has 0 aliphatic carbocycles. The number of likely N-dealkylation sites (tertiary alicyclic amines) is 1. The van der Waals surface area contributed by atoms with Gasteiger partial charge in [0.1, 0.15) is 17.0 Å². The van der Waals surface area contributed by atoms with Crippen LogP contribution < -0.4 is 10.6 Å². The maximum atomic E-state index is 12.0. The van der Waals surface area contributed by atoms with E-state index in [4.69, 9.17) is 0 Å². The number of unbranched alkanes of at least 4 members (excludes halogenated alkanes) is 1. The third-order valence-corrected chi connectivity index (χ3v) is 5.92. The van der Waals surface area contributed by atoms with Crippen molar-refractivity contribution in [3.05, 3.63) is 16.8 Å². The summed E-state index contributed by atoms with van der Waals surface area (Å²) in [5.41, 5.74) is 1.19. The summed E-state index contributed by atoms with van der Waals surface area (Å²) in [6.07, 6.45) is 6.40. The summed E-state index contributed by atoms with van der Waals surface area (Å²) in [5.74, 6) is 0.758. The SMILES string of the molecule is Cc1sc2ncnc(NCC(=O)NCCCCN3CCCC3)c2c1C. The smallest absolute Gasteiger partial charge is 0.239 e. The second-order valence-corrected chi connectivity index (χ2v) is 7.85. The van der Waals surface area contributed by atoms with Crippen LogP contribution in [-0.4, -0.2) is 53.5 Å². The molecular formula is C18H27N5OS. The molecule has 3 heterocycles. The molecule has 1 aliphatic heterocycles. The summed E-state index contributed by atoms with van der Waals surface area (Å²) in [6, 6.07) is 0. The Morgan fingerprint density at radius 3 is 2.84 bits per heavy atom. The van der Waals surface area contributed by atoms with Gasteiger partial charge in [-0.05, 0) is 64.7 Å². The Bertz CT molecular complexity index is 724. The number of nitrogens with zero attached hydrogens (tertiary/aromatic N) is 3. The van der Waals surface area contributed by atoms with Gasteiger partial charge in [0.05, 0.1) is 11.9 Å². The number of fused-ring (bicyclic) bond motifs is 1. The average Bonchev–Trinajstić information content (AvgIpc) is 3.21. The monoisotopic (exact) mass is 361 g/mol. The number of hydrogen-bond donors (Lipinski definition) is 2. The quantitative estimate of drug-likeness (QED) is 0.708. The standard InChI is InChI=1S/C18H27N5OS/c1-13-14(2)25-18-16(13)17(21-12-22-18)20-11-15(24)19-7-3-4-8-23-9-5-6-10-23/h12H,3-11H2,1-2H3,(H,19,24)(H,20,21,22). The Labute approximate surface area is 153 Å². The molecule has 25 heavy (non-hydrogen) atoms. The summed E-state index contributed by atoms with van der Waals surface area (Å²) >= 11 is 1.66. The van der Waals surface area contributed by atoms with E-state index in [1.54, 1.807) is 17.7 Å². The van der Waals surface area contributed by atoms with Crippen molar-refractivity contribution < 1.29 is 4.79 Å². The lowest BCUT2D eigenvalue weighted by atomic mass is 10.2.